The molecule has 0 aliphatic rings. The first-order valence-electron chi connectivity index (χ1n) is 3.01. The quantitative estimate of drug-likeness (QED) is 0.668. The van der Waals surface area contributed by atoms with Crippen LogP contribution in [0, 0.1) is 21.8 Å². The standard InChI is InChI=1S/C8H5ClIN/c1-5-2-6(4-11)3-7(10)8(5)9/h2-3H,1H3. The molecule has 1 rings (SSSR count). The van der Waals surface area contributed by atoms with E-state index in [4.69, 9.17) is 16.9 Å². The minimum Gasteiger partial charge on any atom is -0.192 e. The molecular formula is C8H5ClIN. The molecule has 0 aliphatic heterocycles. The Balaban J connectivity index is 3.35. The molecule has 0 N–H and O–H groups in total. The summed E-state index contributed by atoms with van der Waals surface area (Å²) in [6.07, 6.45) is 0. The molecule has 1 aromatic carbocycles. The van der Waals surface area contributed by atoms with Crippen molar-refractivity contribution in [3.8, 4) is 6.07 Å². The maximum Gasteiger partial charge on any atom is 0.0992 e. The van der Waals surface area contributed by atoms with Crippen molar-refractivity contribution in [1.82, 2.24) is 0 Å². The minimum absolute atomic E-state index is 0.663. The second-order valence-corrected chi connectivity index (χ2v) is 3.74. The van der Waals surface area contributed by atoms with Gasteiger partial charge in [-0.1, -0.05) is 11.6 Å². The number of rotatable bonds is 0. The summed E-state index contributed by atoms with van der Waals surface area (Å²) in [4.78, 5) is 0. The fraction of sp³-hybridized carbons (Fsp3) is 0.125. The van der Waals surface area contributed by atoms with Crippen LogP contribution in [0.4, 0.5) is 0 Å². The molecule has 3 heteroatoms. The zero-order valence-corrected chi connectivity index (χ0v) is 8.77. The molecule has 0 amide bonds. The number of halogens is 2. The van der Waals surface area contributed by atoms with Crippen molar-refractivity contribution < 1.29 is 0 Å². The van der Waals surface area contributed by atoms with Crippen molar-refractivity contribution >= 4 is 34.2 Å². The Morgan fingerprint density at radius 2 is 2.18 bits per heavy atom. The summed E-state index contributed by atoms with van der Waals surface area (Å²) in [5.41, 5.74) is 1.62. The molecule has 56 valence electrons. The molecule has 0 unspecified atom stereocenters. The topological polar surface area (TPSA) is 23.8 Å². The third-order valence-electron chi connectivity index (χ3n) is 1.34. The Morgan fingerprint density at radius 3 is 2.64 bits per heavy atom. The highest BCUT2D eigenvalue weighted by Gasteiger charge is 2.02. The molecule has 0 aromatic heterocycles. The summed E-state index contributed by atoms with van der Waals surface area (Å²) in [6, 6.07) is 5.63. The van der Waals surface area contributed by atoms with Crippen LogP contribution in [0.3, 0.4) is 0 Å². The third-order valence-corrected chi connectivity index (χ3v) is 3.01. The van der Waals surface area contributed by atoms with Crippen LogP contribution in [0.15, 0.2) is 12.1 Å². The van der Waals surface area contributed by atoms with Crippen LogP contribution in [0.2, 0.25) is 5.02 Å². The SMILES string of the molecule is Cc1cc(C#N)cc(I)c1Cl. The lowest BCUT2D eigenvalue weighted by atomic mass is 10.2. The maximum absolute atomic E-state index is 8.58. The minimum atomic E-state index is 0.663. The highest BCUT2D eigenvalue weighted by Crippen LogP contribution is 2.23. The average Bonchev–Trinajstić information content (AvgIpc) is 1.99. The number of nitrogens with zero attached hydrogens (tertiary/aromatic N) is 1. The van der Waals surface area contributed by atoms with E-state index in [0.29, 0.717) is 5.56 Å². The van der Waals surface area contributed by atoms with Crippen LogP contribution in [0.25, 0.3) is 0 Å². The van der Waals surface area contributed by atoms with E-state index in [9.17, 15) is 0 Å². The summed E-state index contributed by atoms with van der Waals surface area (Å²) in [6.45, 7) is 1.89. The summed E-state index contributed by atoms with van der Waals surface area (Å²) < 4.78 is 0.931. The first-order valence-corrected chi connectivity index (χ1v) is 4.46. The molecule has 0 saturated heterocycles. The second kappa shape index (κ2) is 3.42. The predicted octanol–water partition coefficient (Wildman–Crippen LogP) is 3.12. The molecule has 1 aromatic rings. The molecule has 0 heterocycles. The number of nitriles is 1. The Morgan fingerprint density at radius 1 is 1.55 bits per heavy atom. The van der Waals surface area contributed by atoms with E-state index in [1.807, 2.05) is 6.92 Å². The van der Waals surface area contributed by atoms with Crippen LogP contribution in [-0.4, -0.2) is 0 Å². The normalized spacial score (nSPS) is 9.27. The number of hydrogen-bond donors (Lipinski definition) is 0. The molecular weight excluding hydrogens is 272 g/mol. The smallest absolute Gasteiger partial charge is 0.0992 e. The molecule has 0 spiro atoms. The van der Waals surface area contributed by atoms with E-state index in [2.05, 4.69) is 28.7 Å². The zero-order chi connectivity index (χ0) is 8.43. The lowest BCUT2D eigenvalue weighted by Gasteiger charge is -1.99. The van der Waals surface area contributed by atoms with Crippen LogP contribution in [0.5, 0.6) is 0 Å². The van der Waals surface area contributed by atoms with Gasteiger partial charge in [0.2, 0.25) is 0 Å². The van der Waals surface area contributed by atoms with Gasteiger partial charge in [-0.25, -0.2) is 0 Å². The van der Waals surface area contributed by atoms with Gasteiger partial charge in [-0.05, 0) is 47.2 Å². The largest absolute Gasteiger partial charge is 0.192 e. The van der Waals surface area contributed by atoms with Crippen LogP contribution in [-0.2, 0) is 0 Å². The summed E-state index contributed by atoms with van der Waals surface area (Å²) in [7, 11) is 0. The van der Waals surface area contributed by atoms with Crippen LogP contribution >= 0.6 is 34.2 Å². The first kappa shape index (κ1) is 8.82. The van der Waals surface area contributed by atoms with Crippen molar-refractivity contribution in [2.75, 3.05) is 0 Å². The first-order chi connectivity index (χ1) is 5.15. The second-order valence-electron chi connectivity index (χ2n) is 2.20. The maximum atomic E-state index is 8.58. The molecule has 0 fully saturated rings. The molecule has 11 heavy (non-hydrogen) atoms. The average molecular weight is 277 g/mol. The molecule has 0 saturated carbocycles. The number of aryl methyl sites for hydroxylation is 1. The van der Waals surface area contributed by atoms with Gasteiger partial charge in [-0.15, -0.1) is 0 Å². The van der Waals surface area contributed by atoms with Gasteiger partial charge in [-0.2, -0.15) is 5.26 Å². The Hall–Kier alpha value is -0.270. The number of benzene rings is 1. The molecule has 0 radical (unpaired) electrons. The van der Waals surface area contributed by atoms with Crippen molar-refractivity contribution in [3.63, 3.8) is 0 Å². The molecule has 0 atom stereocenters. The third kappa shape index (κ3) is 1.85. The Bertz CT molecular complexity index is 304. The van der Waals surface area contributed by atoms with Gasteiger partial charge in [0.15, 0.2) is 0 Å². The van der Waals surface area contributed by atoms with Gasteiger partial charge in [0.05, 0.1) is 16.7 Å². The van der Waals surface area contributed by atoms with E-state index in [0.717, 1.165) is 14.2 Å². The van der Waals surface area contributed by atoms with E-state index in [1.54, 1.807) is 12.1 Å². The van der Waals surface area contributed by atoms with Gasteiger partial charge < -0.3 is 0 Å². The lowest BCUT2D eigenvalue weighted by Crippen LogP contribution is -1.83. The van der Waals surface area contributed by atoms with Gasteiger partial charge >= 0.3 is 0 Å². The molecule has 0 bridgehead atoms. The summed E-state index contributed by atoms with van der Waals surface area (Å²) >= 11 is 8.01. The fourth-order valence-electron chi connectivity index (χ4n) is 0.791. The summed E-state index contributed by atoms with van der Waals surface area (Å²) in [5.74, 6) is 0. The van der Waals surface area contributed by atoms with Gasteiger partial charge in [-0.3, -0.25) is 0 Å². The predicted molar refractivity (Wildman–Crippen MR) is 53.6 cm³/mol. The highest BCUT2D eigenvalue weighted by atomic mass is 127. The van der Waals surface area contributed by atoms with Gasteiger partial charge in [0.1, 0.15) is 0 Å². The molecule has 0 aliphatic carbocycles. The van der Waals surface area contributed by atoms with Crippen molar-refractivity contribution in [3.05, 3.63) is 31.9 Å². The van der Waals surface area contributed by atoms with E-state index in [1.165, 1.54) is 0 Å². The Kier molecular flexibility index (Phi) is 2.74. The van der Waals surface area contributed by atoms with E-state index < -0.39 is 0 Å². The zero-order valence-electron chi connectivity index (χ0n) is 5.86. The highest BCUT2D eigenvalue weighted by molar-refractivity contribution is 14.1. The van der Waals surface area contributed by atoms with Gasteiger partial charge in [0, 0.05) is 3.57 Å². The fourth-order valence-corrected chi connectivity index (χ4v) is 1.66. The van der Waals surface area contributed by atoms with Crippen molar-refractivity contribution in [2.24, 2.45) is 0 Å². The van der Waals surface area contributed by atoms with Crippen molar-refractivity contribution in [2.45, 2.75) is 6.92 Å². The molecule has 1 nitrogen and oxygen atoms in total. The summed E-state index contributed by atoms with van der Waals surface area (Å²) in [5, 5.41) is 9.32. The Labute approximate surface area is 84.1 Å². The number of hydrogen-bond acceptors (Lipinski definition) is 1. The van der Waals surface area contributed by atoms with E-state index >= 15 is 0 Å². The monoisotopic (exact) mass is 277 g/mol. The van der Waals surface area contributed by atoms with E-state index in [-0.39, 0.29) is 0 Å². The van der Waals surface area contributed by atoms with Crippen LogP contribution < -0.4 is 0 Å². The lowest BCUT2D eigenvalue weighted by molar-refractivity contribution is 1.40. The van der Waals surface area contributed by atoms with Gasteiger partial charge in [0.25, 0.3) is 0 Å². The van der Waals surface area contributed by atoms with Crippen LogP contribution in [0.1, 0.15) is 11.1 Å². The van der Waals surface area contributed by atoms with Crippen molar-refractivity contribution in [1.29, 1.82) is 5.26 Å².